The summed E-state index contributed by atoms with van der Waals surface area (Å²) in [6.45, 7) is 4.19. The van der Waals surface area contributed by atoms with Crippen LogP contribution in [0.15, 0.2) is 40.9 Å². The fraction of sp³-hybridized carbons (Fsp3) is 0.294. The molecule has 0 fully saturated rings. The van der Waals surface area contributed by atoms with Crippen molar-refractivity contribution < 1.29 is 4.74 Å². The molecule has 0 amide bonds. The molecule has 0 aliphatic rings. The molecule has 0 aliphatic heterocycles. The van der Waals surface area contributed by atoms with Crippen LogP contribution in [0, 0.1) is 6.92 Å². The van der Waals surface area contributed by atoms with Gasteiger partial charge in [0.1, 0.15) is 5.75 Å². The molecule has 106 valence electrons. The number of aryl methyl sites for hydroxylation is 2. The van der Waals surface area contributed by atoms with E-state index in [0.717, 1.165) is 33.3 Å². The number of benzene rings is 2. The predicted molar refractivity (Wildman–Crippen MR) is 87.3 cm³/mol. The lowest BCUT2D eigenvalue weighted by atomic mass is 9.96. The highest BCUT2D eigenvalue weighted by atomic mass is 79.9. The summed E-state index contributed by atoms with van der Waals surface area (Å²) >= 11 is 3.56. The maximum absolute atomic E-state index is 6.40. The minimum Gasteiger partial charge on any atom is -0.496 e. The van der Waals surface area contributed by atoms with Crippen molar-refractivity contribution in [1.29, 1.82) is 0 Å². The van der Waals surface area contributed by atoms with Crippen LogP contribution in [0.3, 0.4) is 0 Å². The minimum atomic E-state index is -0.187. The highest BCUT2D eigenvalue weighted by molar-refractivity contribution is 9.10. The van der Waals surface area contributed by atoms with Gasteiger partial charge in [-0.3, -0.25) is 0 Å². The van der Waals surface area contributed by atoms with Crippen molar-refractivity contribution in [2.24, 2.45) is 5.73 Å². The molecule has 0 radical (unpaired) electrons. The average Bonchev–Trinajstić information content (AvgIpc) is 2.49. The first kappa shape index (κ1) is 15.1. The molecule has 0 saturated heterocycles. The van der Waals surface area contributed by atoms with Crippen molar-refractivity contribution in [2.45, 2.75) is 26.3 Å². The van der Waals surface area contributed by atoms with Crippen molar-refractivity contribution >= 4 is 15.9 Å². The number of halogens is 1. The third kappa shape index (κ3) is 3.05. The molecule has 0 saturated carbocycles. The Hall–Kier alpha value is -1.32. The summed E-state index contributed by atoms with van der Waals surface area (Å²) < 4.78 is 6.52. The Morgan fingerprint density at radius 2 is 1.85 bits per heavy atom. The van der Waals surface area contributed by atoms with Crippen molar-refractivity contribution in [3.8, 4) is 5.75 Å². The number of nitrogens with two attached hydrogens (primary N) is 1. The van der Waals surface area contributed by atoms with E-state index in [1.807, 2.05) is 19.1 Å². The van der Waals surface area contributed by atoms with E-state index >= 15 is 0 Å². The van der Waals surface area contributed by atoms with Crippen LogP contribution >= 0.6 is 15.9 Å². The molecular formula is C17H20BrNO. The van der Waals surface area contributed by atoms with Gasteiger partial charge in [0.25, 0.3) is 0 Å². The van der Waals surface area contributed by atoms with Crippen LogP contribution in [0.5, 0.6) is 5.75 Å². The lowest BCUT2D eigenvalue weighted by Crippen LogP contribution is -2.13. The molecule has 0 aliphatic carbocycles. The predicted octanol–water partition coefficient (Wildman–Crippen LogP) is 4.38. The Morgan fingerprint density at radius 1 is 1.20 bits per heavy atom. The van der Waals surface area contributed by atoms with E-state index in [1.165, 1.54) is 5.56 Å². The zero-order chi connectivity index (χ0) is 14.7. The molecule has 0 spiro atoms. The molecule has 2 rings (SSSR count). The van der Waals surface area contributed by atoms with Gasteiger partial charge in [-0.05, 0) is 42.2 Å². The Labute approximate surface area is 129 Å². The molecule has 0 aromatic heterocycles. The van der Waals surface area contributed by atoms with E-state index in [4.69, 9.17) is 10.5 Å². The lowest BCUT2D eigenvalue weighted by molar-refractivity contribution is 0.407. The molecule has 0 heterocycles. The average molecular weight is 334 g/mol. The molecule has 2 nitrogen and oxygen atoms in total. The van der Waals surface area contributed by atoms with Gasteiger partial charge in [-0.15, -0.1) is 0 Å². The van der Waals surface area contributed by atoms with Crippen LogP contribution < -0.4 is 10.5 Å². The van der Waals surface area contributed by atoms with E-state index in [-0.39, 0.29) is 6.04 Å². The van der Waals surface area contributed by atoms with Crippen LogP contribution in [0.1, 0.15) is 35.2 Å². The summed E-state index contributed by atoms with van der Waals surface area (Å²) in [7, 11) is 1.68. The first-order chi connectivity index (χ1) is 9.56. The summed E-state index contributed by atoms with van der Waals surface area (Å²) in [5.74, 6) is 0.831. The SMILES string of the molecule is CCc1ccc(C(N)c2cc(Br)c(C)cc2OC)cc1. The van der Waals surface area contributed by atoms with E-state index in [9.17, 15) is 0 Å². The number of methoxy groups -OCH3 is 1. The molecule has 2 aromatic carbocycles. The first-order valence-corrected chi connectivity index (χ1v) is 7.54. The summed E-state index contributed by atoms with van der Waals surface area (Å²) in [4.78, 5) is 0. The summed E-state index contributed by atoms with van der Waals surface area (Å²) in [5.41, 5.74) is 10.9. The maximum atomic E-state index is 6.40. The Kier molecular flexibility index (Phi) is 4.84. The normalized spacial score (nSPS) is 12.2. The molecule has 2 N–H and O–H groups in total. The molecule has 20 heavy (non-hydrogen) atoms. The standard InChI is InChI=1S/C17H20BrNO/c1-4-12-5-7-13(8-6-12)17(19)14-10-15(18)11(2)9-16(14)20-3/h5-10,17H,4,19H2,1-3H3. The third-order valence-electron chi connectivity index (χ3n) is 3.59. The molecule has 0 bridgehead atoms. The maximum Gasteiger partial charge on any atom is 0.124 e. The van der Waals surface area contributed by atoms with Gasteiger partial charge in [0.05, 0.1) is 13.2 Å². The van der Waals surface area contributed by atoms with Crippen LogP contribution in [0.2, 0.25) is 0 Å². The van der Waals surface area contributed by atoms with Gasteiger partial charge in [-0.1, -0.05) is 47.1 Å². The highest BCUT2D eigenvalue weighted by Gasteiger charge is 2.15. The van der Waals surface area contributed by atoms with Crippen molar-refractivity contribution in [1.82, 2.24) is 0 Å². The molecular weight excluding hydrogens is 314 g/mol. The zero-order valence-electron chi connectivity index (χ0n) is 12.1. The molecule has 2 aromatic rings. The van der Waals surface area contributed by atoms with Gasteiger partial charge >= 0.3 is 0 Å². The first-order valence-electron chi connectivity index (χ1n) is 6.75. The van der Waals surface area contributed by atoms with Crippen molar-refractivity contribution in [3.05, 3.63) is 63.1 Å². The third-order valence-corrected chi connectivity index (χ3v) is 4.45. The van der Waals surface area contributed by atoms with E-state index in [2.05, 4.69) is 47.1 Å². The zero-order valence-corrected chi connectivity index (χ0v) is 13.7. The Morgan fingerprint density at radius 3 is 2.40 bits per heavy atom. The second kappa shape index (κ2) is 6.42. The van der Waals surface area contributed by atoms with Gasteiger partial charge < -0.3 is 10.5 Å². The van der Waals surface area contributed by atoms with Gasteiger partial charge in [0.2, 0.25) is 0 Å². The summed E-state index contributed by atoms with van der Waals surface area (Å²) in [6.07, 6.45) is 1.04. The fourth-order valence-electron chi connectivity index (χ4n) is 2.23. The summed E-state index contributed by atoms with van der Waals surface area (Å²) in [6, 6.07) is 12.3. The summed E-state index contributed by atoms with van der Waals surface area (Å²) in [5, 5.41) is 0. The number of hydrogen-bond acceptors (Lipinski definition) is 2. The quantitative estimate of drug-likeness (QED) is 0.901. The molecule has 3 heteroatoms. The van der Waals surface area contributed by atoms with Crippen LogP contribution in [-0.4, -0.2) is 7.11 Å². The van der Waals surface area contributed by atoms with Gasteiger partial charge in [0, 0.05) is 10.0 Å². The highest BCUT2D eigenvalue weighted by Crippen LogP contribution is 2.33. The molecule has 1 atom stereocenters. The van der Waals surface area contributed by atoms with Crippen LogP contribution in [-0.2, 0) is 6.42 Å². The fourth-order valence-corrected chi connectivity index (χ4v) is 2.59. The smallest absolute Gasteiger partial charge is 0.124 e. The molecule has 1 unspecified atom stereocenters. The van der Waals surface area contributed by atoms with Crippen LogP contribution in [0.4, 0.5) is 0 Å². The van der Waals surface area contributed by atoms with E-state index in [0.29, 0.717) is 0 Å². The topological polar surface area (TPSA) is 35.2 Å². The number of rotatable bonds is 4. The van der Waals surface area contributed by atoms with Gasteiger partial charge in [0.15, 0.2) is 0 Å². The minimum absolute atomic E-state index is 0.187. The van der Waals surface area contributed by atoms with E-state index < -0.39 is 0 Å². The number of hydrogen-bond donors (Lipinski definition) is 1. The monoisotopic (exact) mass is 333 g/mol. The van der Waals surface area contributed by atoms with Crippen molar-refractivity contribution in [2.75, 3.05) is 7.11 Å². The van der Waals surface area contributed by atoms with E-state index in [1.54, 1.807) is 7.11 Å². The van der Waals surface area contributed by atoms with Crippen molar-refractivity contribution in [3.63, 3.8) is 0 Å². The van der Waals surface area contributed by atoms with Crippen LogP contribution in [0.25, 0.3) is 0 Å². The largest absolute Gasteiger partial charge is 0.496 e. The second-order valence-corrected chi connectivity index (χ2v) is 5.77. The second-order valence-electron chi connectivity index (χ2n) is 4.92. The van der Waals surface area contributed by atoms with Gasteiger partial charge in [-0.25, -0.2) is 0 Å². The van der Waals surface area contributed by atoms with Gasteiger partial charge in [-0.2, -0.15) is 0 Å². The Balaban J connectivity index is 2.41. The number of ether oxygens (including phenoxy) is 1. The Bertz CT molecular complexity index is 593. The lowest BCUT2D eigenvalue weighted by Gasteiger charge is -2.18.